The predicted molar refractivity (Wildman–Crippen MR) is 91.9 cm³/mol. The molecule has 6 heteroatoms. The van der Waals surface area contributed by atoms with Gasteiger partial charge in [0.25, 0.3) is 0 Å². The van der Waals surface area contributed by atoms with E-state index in [9.17, 15) is 8.78 Å². The molecule has 1 aliphatic heterocycles. The van der Waals surface area contributed by atoms with Crippen molar-refractivity contribution in [2.45, 2.75) is 0 Å². The minimum atomic E-state index is -0.605. The molecule has 0 atom stereocenters. The number of ether oxygens (including phenoxy) is 1. The molecular formula is C19H17F2N3O. The first-order valence-electron chi connectivity index (χ1n) is 8.15. The first-order chi connectivity index (χ1) is 12.2. The fourth-order valence-electron chi connectivity index (χ4n) is 3.04. The lowest BCUT2D eigenvalue weighted by Gasteiger charge is -2.28. The highest BCUT2D eigenvalue weighted by molar-refractivity contribution is 5.63. The monoisotopic (exact) mass is 341 g/mol. The number of benzene rings is 2. The molecule has 0 aliphatic carbocycles. The smallest absolute Gasteiger partial charge is 0.135 e. The van der Waals surface area contributed by atoms with Gasteiger partial charge in [-0.2, -0.15) is 5.10 Å². The number of hydrogen-bond donors (Lipinski definition) is 0. The van der Waals surface area contributed by atoms with Crippen molar-refractivity contribution in [2.75, 3.05) is 31.2 Å². The van der Waals surface area contributed by atoms with E-state index in [4.69, 9.17) is 4.74 Å². The van der Waals surface area contributed by atoms with Crippen LogP contribution in [0, 0.1) is 11.6 Å². The number of halogens is 2. The van der Waals surface area contributed by atoms with Gasteiger partial charge in [0.15, 0.2) is 0 Å². The summed E-state index contributed by atoms with van der Waals surface area (Å²) in [4.78, 5) is 2.26. The Morgan fingerprint density at radius 1 is 0.880 bits per heavy atom. The van der Waals surface area contributed by atoms with Gasteiger partial charge < -0.3 is 9.64 Å². The van der Waals surface area contributed by atoms with Crippen LogP contribution in [0.25, 0.3) is 16.9 Å². The highest BCUT2D eigenvalue weighted by Crippen LogP contribution is 2.26. The van der Waals surface area contributed by atoms with E-state index in [0.717, 1.165) is 43.7 Å². The van der Waals surface area contributed by atoms with Gasteiger partial charge in [0, 0.05) is 30.4 Å². The largest absolute Gasteiger partial charge is 0.378 e. The van der Waals surface area contributed by atoms with E-state index >= 15 is 0 Å². The summed E-state index contributed by atoms with van der Waals surface area (Å²) in [5.74, 6) is -1.20. The number of rotatable bonds is 3. The summed E-state index contributed by atoms with van der Waals surface area (Å²) < 4.78 is 34.3. The molecule has 1 saturated heterocycles. The Morgan fingerprint density at radius 3 is 2.32 bits per heavy atom. The van der Waals surface area contributed by atoms with Gasteiger partial charge in [0.2, 0.25) is 0 Å². The van der Waals surface area contributed by atoms with Gasteiger partial charge in [-0.1, -0.05) is 0 Å². The lowest BCUT2D eigenvalue weighted by Crippen LogP contribution is -2.36. The number of hydrogen-bond acceptors (Lipinski definition) is 3. The Balaban J connectivity index is 1.66. The van der Waals surface area contributed by atoms with E-state index in [0.29, 0.717) is 11.3 Å². The zero-order valence-electron chi connectivity index (χ0n) is 13.5. The first kappa shape index (κ1) is 15.8. The summed E-state index contributed by atoms with van der Waals surface area (Å²) >= 11 is 0. The van der Waals surface area contributed by atoms with Crippen molar-refractivity contribution >= 4 is 5.69 Å². The minimum Gasteiger partial charge on any atom is -0.378 e. The fraction of sp³-hybridized carbons (Fsp3) is 0.211. The number of anilines is 1. The van der Waals surface area contributed by atoms with Crippen LogP contribution >= 0.6 is 0 Å². The standard InChI is InChI=1S/C19H17F2N3O/c20-14-1-6-17(18(21)13-14)19-7-8-22-24(19)16-4-2-15(3-5-16)23-9-11-25-12-10-23/h1-8,13H,9-12H2. The second-order valence-electron chi connectivity index (χ2n) is 5.87. The molecular weight excluding hydrogens is 324 g/mol. The number of aromatic nitrogens is 2. The van der Waals surface area contributed by atoms with Crippen molar-refractivity contribution in [3.8, 4) is 16.9 Å². The molecule has 0 spiro atoms. The van der Waals surface area contributed by atoms with Crippen LogP contribution in [0.2, 0.25) is 0 Å². The average molecular weight is 341 g/mol. The Kier molecular flexibility index (Phi) is 4.19. The van der Waals surface area contributed by atoms with Crippen molar-refractivity contribution < 1.29 is 13.5 Å². The second kappa shape index (κ2) is 6.64. The van der Waals surface area contributed by atoms with Crippen molar-refractivity contribution in [3.05, 3.63) is 66.4 Å². The van der Waals surface area contributed by atoms with Crippen molar-refractivity contribution in [3.63, 3.8) is 0 Å². The van der Waals surface area contributed by atoms with Crippen molar-refractivity contribution in [1.29, 1.82) is 0 Å². The third kappa shape index (κ3) is 3.13. The maximum absolute atomic E-state index is 14.1. The molecule has 25 heavy (non-hydrogen) atoms. The number of morpholine rings is 1. The zero-order valence-corrected chi connectivity index (χ0v) is 13.5. The van der Waals surface area contributed by atoms with E-state index in [1.54, 1.807) is 16.9 Å². The van der Waals surface area contributed by atoms with Gasteiger partial charge in [-0.3, -0.25) is 0 Å². The lowest BCUT2D eigenvalue weighted by molar-refractivity contribution is 0.122. The van der Waals surface area contributed by atoms with Gasteiger partial charge in [0.05, 0.1) is 30.8 Å². The van der Waals surface area contributed by atoms with E-state index in [1.165, 1.54) is 12.1 Å². The van der Waals surface area contributed by atoms with Crippen LogP contribution in [0.5, 0.6) is 0 Å². The summed E-state index contributed by atoms with van der Waals surface area (Å²) in [6, 6.07) is 13.2. The molecule has 0 amide bonds. The molecule has 2 aromatic carbocycles. The van der Waals surface area contributed by atoms with Crippen LogP contribution in [0.15, 0.2) is 54.7 Å². The second-order valence-corrected chi connectivity index (χ2v) is 5.87. The maximum Gasteiger partial charge on any atom is 0.135 e. The quantitative estimate of drug-likeness (QED) is 0.728. The lowest BCUT2D eigenvalue weighted by atomic mass is 10.1. The van der Waals surface area contributed by atoms with Crippen LogP contribution in [0.3, 0.4) is 0 Å². The Hall–Kier alpha value is -2.73. The molecule has 0 N–H and O–H groups in total. The molecule has 0 bridgehead atoms. The molecule has 0 saturated carbocycles. The molecule has 2 heterocycles. The summed E-state index contributed by atoms with van der Waals surface area (Å²) in [7, 11) is 0. The zero-order chi connectivity index (χ0) is 17.2. The summed E-state index contributed by atoms with van der Waals surface area (Å²) in [6.45, 7) is 3.20. The van der Waals surface area contributed by atoms with E-state index in [-0.39, 0.29) is 0 Å². The van der Waals surface area contributed by atoms with Gasteiger partial charge in [-0.25, -0.2) is 13.5 Å². The molecule has 1 aliphatic rings. The third-order valence-electron chi connectivity index (χ3n) is 4.32. The van der Waals surface area contributed by atoms with Gasteiger partial charge in [-0.05, 0) is 42.5 Å². The fourth-order valence-corrected chi connectivity index (χ4v) is 3.04. The molecule has 128 valence electrons. The topological polar surface area (TPSA) is 30.3 Å². The van der Waals surface area contributed by atoms with Crippen LogP contribution in [0.4, 0.5) is 14.5 Å². The SMILES string of the molecule is Fc1ccc(-c2ccnn2-c2ccc(N3CCOCC3)cc2)c(F)c1. The van der Waals surface area contributed by atoms with E-state index < -0.39 is 11.6 Å². The van der Waals surface area contributed by atoms with Crippen molar-refractivity contribution in [2.24, 2.45) is 0 Å². The molecule has 1 fully saturated rings. The molecule has 3 aromatic rings. The molecule has 4 rings (SSSR count). The van der Waals surface area contributed by atoms with Crippen LogP contribution < -0.4 is 4.90 Å². The molecule has 0 radical (unpaired) electrons. The first-order valence-corrected chi connectivity index (χ1v) is 8.15. The molecule has 1 aromatic heterocycles. The highest BCUT2D eigenvalue weighted by Gasteiger charge is 2.14. The van der Waals surface area contributed by atoms with Gasteiger partial charge in [0.1, 0.15) is 11.6 Å². The minimum absolute atomic E-state index is 0.316. The predicted octanol–water partition coefficient (Wildman–Crippen LogP) is 3.65. The van der Waals surface area contributed by atoms with Crippen LogP contribution in [0.1, 0.15) is 0 Å². The van der Waals surface area contributed by atoms with Crippen molar-refractivity contribution in [1.82, 2.24) is 9.78 Å². The number of nitrogens with zero attached hydrogens (tertiary/aromatic N) is 3. The maximum atomic E-state index is 14.1. The van der Waals surface area contributed by atoms with E-state index in [2.05, 4.69) is 10.00 Å². The Labute approximate surface area is 144 Å². The van der Waals surface area contributed by atoms with Gasteiger partial charge >= 0.3 is 0 Å². The summed E-state index contributed by atoms with van der Waals surface area (Å²) in [6.07, 6.45) is 1.61. The van der Waals surface area contributed by atoms with Crippen LogP contribution in [-0.2, 0) is 4.74 Å². The average Bonchev–Trinajstić information content (AvgIpc) is 3.12. The Morgan fingerprint density at radius 2 is 1.60 bits per heavy atom. The molecule has 4 nitrogen and oxygen atoms in total. The summed E-state index contributed by atoms with van der Waals surface area (Å²) in [5.41, 5.74) is 2.84. The third-order valence-corrected chi connectivity index (χ3v) is 4.32. The van der Waals surface area contributed by atoms with Gasteiger partial charge in [-0.15, -0.1) is 0 Å². The molecule has 0 unspecified atom stereocenters. The van der Waals surface area contributed by atoms with E-state index in [1.807, 2.05) is 24.3 Å². The normalized spacial score (nSPS) is 14.7. The Bertz CT molecular complexity index is 871. The highest BCUT2D eigenvalue weighted by atomic mass is 19.1. The summed E-state index contributed by atoms with van der Waals surface area (Å²) in [5, 5.41) is 4.29. The van der Waals surface area contributed by atoms with Crippen LogP contribution in [-0.4, -0.2) is 36.1 Å².